The molecule has 0 amide bonds. The van der Waals surface area contributed by atoms with E-state index in [4.69, 9.17) is 0 Å². The molecule has 1 saturated carbocycles. The van der Waals surface area contributed by atoms with Crippen molar-refractivity contribution in [2.45, 2.75) is 45.1 Å². The van der Waals surface area contributed by atoms with Crippen LogP contribution in [-0.4, -0.2) is 10.1 Å². The van der Waals surface area contributed by atoms with Crippen molar-refractivity contribution in [3.05, 3.63) is 42.1 Å². The van der Waals surface area contributed by atoms with Gasteiger partial charge in [0, 0.05) is 22.6 Å². The highest BCUT2D eigenvalue weighted by Crippen LogP contribution is 2.50. The number of aliphatic hydroxyl groups is 1. The van der Waals surface area contributed by atoms with Crippen molar-refractivity contribution in [3.63, 3.8) is 0 Å². The van der Waals surface area contributed by atoms with E-state index in [0.717, 1.165) is 35.7 Å². The average molecular weight is 255 g/mol. The highest BCUT2D eigenvalue weighted by molar-refractivity contribution is 5.81. The third-order valence-corrected chi connectivity index (χ3v) is 4.84. The largest absolute Gasteiger partial charge is 0.388 e. The van der Waals surface area contributed by atoms with E-state index in [-0.39, 0.29) is 5.41 Å². The zero-order chi connectivity index (χ0) is 13.3. The Hall–Kier alpha value is -1.41. The van der Waals surface area contributed by atoms with Crippen LogP contribution in [0.1, 0.15) is 50.7 Å². The van der Waals surface area contributed by atoms with E-state index in [1.54, 1.807) is 0 Å². The number of hydrogen-bond donors (Lipinski definition) is 1. The molecule has 1 aromatic carbocycles. The Morgan fingerprint density at radius 2 is 1.95 bits per heavy atom. The minimum atomic E-state index is -0.390. The summed E-state index contributed by atoms with van der Waals surface area (Å²) < 4.78 is 0. The van der Waals surface area contributed by atoms with Crippen molar-refractivity contribution >= 4 is 10.9 Å². The molecule has 2 heteroatoms. The quantitative estimate of drug-likeness (QED) is 0.890. The number of fused-ring (bicyclic) bond motifs is 1. The molecule has 100 valence electrons. The second kappa shape index (κ2) is 4.93. The molecule has 1 atom stereocenters. The van der Waals surface area contributed by atoms with E-state index in [1.165, 1.54) is 12.8 Å². The van der Waals surface area contributed by atoms with Crippen molar-refractivity contribution in [2.24, 2.45) is 5.41 Å². The lowest BCUT2D eigenvalue weighted by Crippen LogP contribution is -2.25. The monoisotopic (exact) mass is 255 g/mol. The van der Waals surface area contributed by atoms with Crippen LogP contribution in [0, 0.1) is 5.41 Å². The van der Waals surface area contributed by atoms with Gasteiger partial charge in [0.2, 0.25) is 0 Å². The number of hydrogen-bond acceptors (Lipinski definition) is 2. The van der Waals surface area contributed by atoms with Gasteiger partial charge in [-0.1, -0.05) is 44.0 Å². The summed E-state index contributed by atoms with van der Waals surface area (Å²) in [5.74, 6) is 0. The zero-order valence-corrected chi connectivity index (χ0v) is 11.5. The lowest BCUT2D eigenvalue weighted by molar-refractivity contribution is 0.0247. The first-order chi connectivity index (χ1) is 9.27. The zero-order valence-electron chi connectivity index (χ0n) is 11.5. The van der Waals surface area contributed by atoms with Gasteiger partial charge in [-0.15, -0.1) is 0 Å². The molecule has 1 heterocycles. The van der Waals surface area contributed by atoms with E-state index in [9.17, 15) is 5.11 Å². The summed E-state index contributed by atoms with van der Waals surface area (Å²) in [6, 6.07) is 10.1. The van der Waals surface area contributed by atoms with Gasteiger partial charge in [-0.25, -0.2) is 0 Å². The molecule has 1 fully saturated rings. The Bertz CT molecular complexity index is 567. The molecule has 2 nitrogen and oxygen atoms in total. The van der Waals surface area contributed by atoms with Gasteiger partial charge in [0.1, 0.15) is 0 Å². The molecular formula is C17H21NO. The fourth-order valence-electron chi connectivity index (χ4n) is 3.58. The molecule has 1 unspecified atom stereocenters. The first-order valence-corrected chi connectivity index (χ1v) is 7.28. The Morgan fingerprint density at radius 1 is 1.21 bits per heavy atom. The van der Waals surface area contributed by atoms with Crippen molar-refractivity contribution in [1.82, 2.24) is 4.98 Å². The highest BCUT2D eigenvalue weighted by Gasteiger charge is 2.40. The number of pyridine rings is 1. The maximum Gasteiger partial charge on any atom is 0.0867 e. The molecule has 1 aromatic heterocycles. The predicted molar refractivity (Wildman–Crippen MR) is 77.9 cm³/mol. The van der Waals surface area contributed by atoms with Crippen LogP contribution in [0.3, 0.4) is 0 Å². The van der Waals surface area contributed by atoms with Crippen LogP contribution in [0.25, 0.3) is 10.9 Å². The number of benzene rings is 1. The molecule has 0 radical (unpaired) electrons. The van der Waals surface area contributed by atoms with Gasteiger partial charge in [0.25, 0.3) is 0 Å². The van der Waals surface area contributed by atoms with E-state index < -0.39 is 6.10 Å². The van der Waals surface area contributed by atoms with Crippen LogP contribution in [0.15, 0.2) is 36.5 Å². The van der Waals surface area contributed by atoms with Crippen molar-refractivity contribution in [2.75, 3.05) is 0 Å². The lowest BCUT2D eigenvalue weighted by atomic mass is 9.75. The van der Waals surface area contributed by atoms with Gasteiger partial charge in [-0.2, -0.15) is 0 Å². The Balaban J connectivity index is 2.08. The van der Waals surface area contributed by atoms with Gasteiger partial charge in [0.15, 0.2) is 0 Å². The van der Waals surface area contributed by atoms with Crippen LogP contribution in [0.5, 0.6) is 0 Å². The summed E-state index contributed by atoms with van der Waals surface area (Å²) in [5, 5.41) is 12.0. The summed E-state index contributed by atoms with van der Waals surface area (Å²) in [5.41, 5.74) is 2.02. The molecule has 0 spiro atoms. The Kier molecular flexibility index (Phi) is 3.28. The normalized spacial score (nSPS) is 19.7. The number of aromatic nitrogens is 1. The van der Waals surface area contributed by atoms with Gasteiger partial charge in [-0.05, 0) is 25.3 Å². The van der Waals surface area contributed by atoms with Crippen molar-refractivity contribution < 1.29 is 5.11 Å². The SMILES string of the molecule is CCC1(C(O)c2cccc3cccnc23)CCCC1. The predicted octanol–water partition coefficient (Wildman–Crippen LogP) is 4.24. The molecule has 0 aliphatic heterocycles. The average Bonchev–Trinajstić information content (AvgIpc) is 2.96. The molecule has 0 bridgehead atoms. The first kappa shape index (κ1) is 12.6. The standard InChI is InChI=1S/C17H21NO/c1-2-17(10-3-4-11-17)16(19)14-9-5-7-13-8-6-12-18-15(13)14/h5-9,12,16,19H,2-4,10-11H2,1H3. The second-order valence-corrected chi connectivity index (χ2v) is 5.75. The van der Waals surface area contributed by atoms with Crippen LogP contribution < -0.4 is 0 Å². The Morgan fingerprint density at radius 3 is 2.68 bits per heavy atom. The molecule has 1 aliphatic rings. The third-order valence-electron chi connectivity index (χ3n) is 4.84. The number of para-hydroxylation sites is 1. The van der Waals surface area contributed by atoms with Crippen LogP contribution >= 0.6 is 0 Å². The smallest absolute Gasteiger partial charge is 0.0867 e. The van der Waals surface area contributed by atoms with Gasteiger partial charge < -0.3 is 5.11 Å². The molecule has 19 heavy (non-hydrogen) atoms. The fraction of sp³-hybridized carbons (Fsp3) is 0.471. The topological polar surface area (TPSA) is 33.1 Å². The van der Waals surface area contributed by atoms with Gasteiger partial charge in [0.05, 0.1) is 11.6 Å². The number of rotatable bonds is 3. The van der Waals surface area contributed by atoms with E-state index in [1.807, 2.05) is 24.4 Å². The molecule has 2 aromatic rings. The molecule has 1 aliphatic carbocycles. The minimum Gasteiger partial charge on any atom is -0.388 e. The van der Waals surface area contributed by atoms with Crippen LogP contribution in [0.2, 0.25) is 0 Å². The summed E-state index contributed by atoms with van der Waals surface area (Å²) in [7, 11) is 0. The van der Waals surface area contributed by atoms with E-state index in [2.05, 4.69) is 24.0 Å². The number of nitrogens with zero attached hydrogens (tertiary/aromatic N) is 1. The lowest BCUT2D eigenvalue weighted by Gasteiger charge is -2.33. The van der Waals surface area contributed by atoms with Crippen LogP contribution in [-0.2, 0) is 0 Å². The second-order valence-electron chi connectivity index (χ2n) is 5.75. The summed E-state index contributed by atoms with van der Waals surface area (Å²) >= 11 is 0. The third kappa shape index (κ3) is 2.04. The fourth-order valence-corrected chi connectivity index (χ4v) is 3.58. The molecule has 0 saturated heterocycles. The van der Waals surface area contributed by atoms with Gasteiger partial charge >= 0.3 is 0 Å². The van der Waals surface area contributed by atoms with E-state index in [0.29, 0.717) is 0 Å². The van der Waals surface area contributed by atoms with Gasteiger partial charge in [-0.3, -0.25) is 4.98 Å². The Labute approximate surface area is 114 Å². The van der Waals surface area contributed by atoms with Crippen LogP contribution in [0.4, 0.5) is 0 Å². The summed E-state index contributed by atoms with van der Waals surface area (Å²) in [6.07, 6.45) is 7.20. The summed E-state index contributed by atoms with van der Waals surface area (Å²) in [4.78, 5) is 4.48. The minimum absolute atomic E-state index is 0.0613. The summed E-state index contributed by atoms with van der Waals surface area (Å²) in [6.45, 7) is 2.20. The van der Waals surface area contributed by atoms with E-state index >= 15 is 0 Å². The first-order valence-electron chi connectivity index (χ1n) is 7.28. The van der Waals surface area contributed by atoms with Crippen molar-refractivity contribution in [3.8, 4) is 0 Å². The maximum atomic E-state index is 10.9. The molecular weight excluding hydrogens is 234 g/mol. The molecule has 1 N–H and O–H groups in total. The maximum absolute atomic E-state index is 10.9. The molecule has 3 rings (SSSR count). The number of aliphatic hydroxyl groups excluding tert-OH is 1. The van der Waals surface area contributed by atoms with Crippen molar-refractivity contribution in [1.29, 1.82) is 0 Å². The highest BCUT2D eigenvalue weighted by atomic mass is 16.3.